The molecule has 1 N–H and O–H groups in total. The summed E-state index contributed by atoms with van der Waals surface area (Å²) in [6, 6.07) is 6.55. The van der Waals surface area contributed by atoms with Crippen molar-refractivity contribution < 1.29 is 9.90 Å². The van der Waals surface area contributed by atoms with Crippen LogP contribution in [0, 0.1) is 0 Å². The highest BCUT2D eigenvalue weighted by atomic mass is 32.2. The fourth-order valence-electron chi connectivity index (χ4n) is 2.50. The number of aryl methyl sites for hydroxylation is 1. The molecule has 1 aromatic carbocycles. The Morgan fingerprint density at radius 2 is 2.25 bits per heavy atom. The fourth-order valence-corrected chi connectivity index (χ4v) is 3.61. The molecule has 1 heterocycles. The maximum Gasteiger partial charge on any atom is 0.304 e. The Balaban J connectivity index is 1.92. The SMILES string of the molecule is O=C(O)CC1(c2ccc3c(c2)SCC3)CC1. The number of hydrogen-bond donors (Lipinski definition) is 1. The molecule has 1 aliphatic heterocycles. The van der Waals surface area contributed by atoms with Crippen molar-refractivity contribution in [1.82, 2.24) is 0 Å². The minimum atomic E-state index is -0.675. The lowest BCUT2D eigenvalue weighted by atomic mass is 9.91. The molecule has 3 heteroatoms. The zero-order valence-corrected chi connectivity index (χ0v) is 9.85. The van der Waals surface area contributed by atoms with Crippen LogP contribution >= 0.6 is 11.8 Å². The van der Waals surface area contributed by atoms with Gasteiger partial charge in [0.25, 0.3) is 0 Å². The Labute approximate surface area is 99.1 Å². The molecule has 2 aliphatic rings. The average molecular weight is 234 g/mol. The summed E-state index contributed by atoms with van der Waals surface area (Å²) >= 11 is 1.90. The molecule has 0 saturated heterocycles. The largest absolute Gasteiger partial charge is 0.481 e. The average Bonchev–Trinajstić information content (AvgIpc) is 2.87. The Morgan fingerprint density at radius 3 is 2.94 bits per heavy atom. The van der Waals surface area contributed by atoms with Crippen LogP contribution in [0.5, 0.6) is 0 Å². The summed E-state index contributed by atoms with van der Waals surface area (Å²) in [5.74, 6) is 0.496. The number of benzene rings is 1. The van der Waals surface area contributed by atoms with Crippen LogP contribution in [-0.4, -0.2) is 16.8 Å². The van der Waals surface area contributed by atoms with Gasteiger partial charge in [0, 0.05) is 16.1 Å². The van der Waals surface area contributed by atoms with E-state index in [1.807, 2.05) is 11.8 Å². The third-order valence-corrected chi connectivity index (χ3v) is 4.75. The Hall–Kier alpha value is -0.960. The highest BCUT2D eigenvalue weighted by Crippen LogP contribution is 2.52. The van der Waals surface area contributed by atoms with E-state index in [0.29, 0.717) is 0 Å². The third kappa shape index (κ3) is 1.63. The fraction of sp³-hybridized carbons (Fsp3) is 0.462. The molecule has 0 radical (unpaired) electrons. The van der Waals surface area contributed by atoms with E-state index in [-0.39, 0.29) is 11.8 Å². The number of thioether (sulfide) groups is 1. The Morgan fingerprint density at radius 1 is 1.44 bits per heavy atom. The van der Waals surface area contributed by atoms with E-state index < -0.39 is 5.97 Å². The second-order valence-electron chi connectivity index (χ2n) is 4.77. The summed E-state index contributed by atoms with van der Waals surface area (Å²) in [6.07, 6.45) is 3.51. The van der Waals surface area contributed by atoms with Crippen LogP contribution in [0.25, 0.3) is 0 Å². The van der Waals surface area contributed by atoms with Gasteiger partial charge in [-0.1, -0.05) is 12.1 Å². The van der Waals surface area contributed by atoms with Gasteiger partial charge in [0.15, 0.2) is 0 Å². The third-order valence-electron chi connectivity index (χ3n) is 3.65. The van der Waals surface area contributed by atoms with E-state index in [1.54, 1.807) is 0 Å². The number of carbonyl (C=O) groups is 1. The second kappa shape index (κ2) is 3.52. The van der Waals surface area contributed by atoms with Crippen molar-refractivity contribution in [2.75, 3.05) is 5.75 Å². The van der Waals surface area contributed by atoms with E-state index in [0.717, 1.165) is 19.3 Å². The standard InChI is InChI=1S/C13H14O2S/c14-12(15)8-13(4-5-13)10-2-1-9-3-6-16-11(9)7-10/h1-2,7H,3-6,8H2,(H,14,15). The molecular formula is C13H14O2S. The molecule has 3 rings (SSSR count). The first-order chi connectivity index (χ1) is 7.70. The molecular weight excluding hydrogens is 220 g/mol. The lowest BCUT2D eigenvalue weighted by Crippen LogP contribution is -2.12. The minimum absolute atomic E-state index is 0.0377. The van der Waals surface area contributed by atoms with Crippen molar-refractivity contribution in [3.63, 3.8) is 0 Å². The summed E-state index contributed by atoms with van der Waals surface area (Å²) in [5.41, 5.74) is 2.63. The number of fused-ring (bicyclic) bond motifs is 1. The molecule has 0 amide bonds. The highest BCUT2D eigenvalue weighted by molar-refractivity contribution is 7.99. The number of rotatable bonds is 3. The van der Waals surface area contributed by atoms with E-state index in [1.165, 1.54) is 21.8 Å². The number of hydrogen-bond acceptors (Lipinski definition) is 2. The molecule has 84 valence electrons. The lowest BCUT2D eigenvalue weighted by molar-refractivity contribution is -0.137. The van der Waals surface area contributed by atoms with Crippen LogP contribution in [0.4, 0.5) is 0 Å². The number of aliphatic carboxylic acids is 1. The van der Waals surface area contributed by atoms with E-state index >= 15 is 0 Å². The minimum Gasteiger partial charge on any atom is -0.481 e. The summed E-state index contributed by atoms with van der Waals surface area (Å²) in [6.45, 7) is 0. The molecule has 1 aromatic rings. The van der Waals surface area contributed by atoms with Gasteiger partial charge in [-0.2, -0.15) is 0 Å². The molecule has 1 fully saturated rings. The van der Waals surface area contributed by atoms with Crippen molar-refractivity contribution in [3.05, 3.63) is 29.3 Å². The van der Waals surface area contributed by atoms with Gasteiger partial charge in [-0.15, -0.1) is 11.8 Å². The molecule has 0 spiro atoms. The summed E-state index contributed by atoms with van der Waals surface area (Å²) < 4.78 is 0. The van der Waals surface area contributed by atoms with Crippen molar-refractivity contribution >= 4 is 17.7 Å². The molecule has 1 saturated carbocycles. The van der Waals surface area contributed by atoms with Crippen molar-refractivity contribution in [1.29, 1.82) is 0 Å². The molecule has 0 atom stereocenters. The Kier molecular flexibility index (Phi) is 2.25. The van der Waals surface area contributed by atoms with Crippen LogP contribution in [0.3, 0.4) is 0 Å². The quantitative estimate of drug-likeness (QED) is 0.873. The smallest absolute Gasteiger partial charge is 0.304 e. The first kappa shape index (κ1) is 10.2. The number of carboxylic acids is 1. The maximum absolute atomic E-state index is 10.9. The summed E-state index contributed by atoms with van der Waals surface area (Å²) in [4.78, 5) is 12.2. The van der Waals surface area contributed by atoms with Crippen molar-refractivity contribution in [2.45, 2.75) is 36.0 Å². The van der Waals surface area contributed by atoms with E-state index in [2.05, 4.69) is 18.2 Å². The first-order valence-electron chi connectivity index (χ1n) is 5.68. The maximum atomic E-state index is 10.9. The van der Waals surface area contributed by atoms with Crippen LogP contribution in [0.2, 0.25) is 0 Å². The van der Waals surface area contributed by atoms with Gasteiger partial charge in [0.2, 0.25) is 0 Å². The molecule has 0 aromatic heterocycles. The molecule has 16 heavy (non-hydrogen) atoms. The summed E-state index contributed by atoms with van der Waals surface area (Å²) in [5, 5.41) is 8.94. The summed E-state index contributed by atoms with van der Waals surface area (Å²) in [7, 11) is 0. The van der Waals surface area contributed by atoms with E-state index in [4.69, 9.17) is 5.11 Å². The second-order valence-corrected chi connectivity index (χ2v) is 5.91. The first-order valence-corrected chi connectivity index (χ1v) is 6.66. The van der Waals surface area contributed by atoms with Gasteiger partial charge in [0.05, 0.1) is 6.42 Å². The van der Waals surface area contributed by atoms with Gasteiger partial charge < -0.3 is 5.11 Å². The topological polar surface area (TPSA) is 37.3 Å². The predicted octanol–water partition coefficient (Wildman–Crippen LogP) is 2.84. The zero-order valence-electron chi connectivity index (χ0n) is 9.03. The van der Waals surface area contributed by atoms with E-state index in [9.17, 15) is 4.79 Å². The zero-order chi connectivity index (χ0) is 11.2. The van der Waals surface area contributed by atoms with Gasteiger partial charge >= 0.3 is 5.97 Å². The molecule has 0 unspecified atom stereocenters. The van der Waals surface area contributed by atoms with Gasteiger partial charge in [-0.05, 0) is 36.5 Å². The monoisotopic (exact) mass is 234 g/mol. The van der Waals surface area contributed by atoms with Gasteiger partial charge in [-0.3, -0.25) is 4.79 Å². The number of carboxylic acid groups (broad SMARTS) is 1. The predicted molar refractivity (Wildman–Crippen MR) is 64.0 cm³/mol. The molecule has 1 aliphatic carbocycles. The van der Waals surface area contributed by atoms with Gasteiger partial charge in [0.1, 0.15) is 0 Å². The lowest BCUT2D eigenvalue weighted by Gasteiger charge is -2.14. The normalized spacial score (nSPS) is 20.5. The molecule has 2 nitrogen and oxygen atoms in total. The van der Waals surface area contributed by atoms with Crippen LogP contribution < -0.4 is 0 Å². The highest BCUT2D eigenvalue weighted by Gasteiger charge is 2.46. The van der Waals surface area contributed by atoms with Crippen molar-refractivity contribution in [2.24, 2.45) is 0 Å². The van der Waals surface area contributed by atoms with Crippen molar-refractivity contribution in [3.8, 4) is 0 Å². The van der Waals surface area contributed by atoms with Crippen LogP contribution in [0.15, 0.2) is 23.1 Å². The Bertz CT molecular complexity index is 449. The van der Waals surface area contributed by atoms with Gasteiger partial charge in [-0.25, -0.2) is 0 Å². The van der Waals surface area contributed by atoms with Crippen LogP contribution in [0.1, 0.15) is 30.4 Å². The van der Waals surface area contributed by atoms with Crippen LogP contribution in [-0.2, 0) is 16.6 Å². The molecule has 0 bridgehead atoms.